The van der Waals surface area contributed by atoms with Crippen LogP contribution in [0.2, 0.25) is 0 Å². The van der Waals surface area contributed by atoms with Crippen LogP contribution in [0, 0.1) is 0 Å². The summed E-state index contributed by atoms with van der Waals surface area (Å²) in [5, 5.41) is 9.12. The van der Waals surface area contributed by atoms with Crippen LogP contribution in [0.5, 0.6) is 5.75 Å². The van der Waals surface area contributed by atoms with E-state index in [0.29, 0.717) is 5.56 Å². The number of carboxylic acids is 1. The van der Waals surface area contributed by atoms with E-state index in [-0.39, 0.29) is 0 Å². The van der Waals surface area contributed by atoms with Gasteiger partial charge < -0.3 is 14.7 Å². The molecule has 4 heteroatoms. The van der Waals surface area contributed by atoms with E-state index in [2.05, 4.69) is 4.90 Å². The van der Waals surface area contributed by atoms with Gasteiger partial charge in [0.25, 0.3) is 0 Å². The molecule has 1 aromatic rings. The molecule has 0 aliphatic carbocycles. The van der Waals surface area contributed by atoms with Crippen molar-refractivity contribution < 1.29 is 14.6 Å². The van der Waals surface area contributed by atoms with Crippen LogP contribution in [0.3, 0.4) is 0 Å². The quantitative estimate of drug-likeness (QED) is 0.819. The van der Waals surface area contributed by atoms with Gasteiger partial charge in [0, 0.05) is 18.7 Å². The molecule has 0 aromatic heterocycles. The Hall–Kier alpha value is -1.55. The number of carboxylic acid groups (broad SMARTS) is 1. The first-order chi connectivity index (χ1) is 7.63. The lowest BCUT2D eigenvalue weighted by Gasteiger charge is -2.27. The third-order valence-corrected chi connectivity index (χ3v) is 3.01. The molecule has 0 saturated carbocycles. The molecule has 1 N–H and O–H groups in total. The molecule has 0 spiro atoms. The summed E-state index contributed by atoms with van der Waals surface area (Å²) in [7, 11) is 3.64. The number of methoxy groups -OCH3 is 1. The number of ether oxygens (including phenoxy) is 1. The second-order valence-electron chi connectivity index (χ2n) is 4.07. The highest BCUT2D eigenvalue weighted by molar-refractivity contribution is 5.90. The van der Waals surface area contributed by atoms with Crippen molar-refractivity contribution in [2.24, 2.45) is 0 Å². The molecule has 0 unspecified atom stereocenters. The number of likely N-dealkylation sites (N-methyl/N-ethyl adjacent to an activating group) is 1. The molecule has 0 atom stereocenters. The maximum atomic E-state index is 11.1. The zero-order chi connectivity index (χ0) is 11.7. The summed E-state index contributed by atoms with van der Waals surface area (Å²) in [5.74, 6) is -0.0741. The number of fused-ring (bicyclic) bond motifs is 1. The first-order valence-electron chi connectivity index (χ1n) is 5.24. The van der Waals surface area contributed by atoms with Crippen LogP contribution >= 0.6 is 0 Å². The van der Waals surface area contributed by atoms with E-state index < -0.39 is 5.97 Å². The lowest BCUT2D eigenvalue weighted by Crippen LogP contribution is -2.28. The Morgan fingerprint density at radius 3 is 2.81 bits per heavy atom. The Kier molecular flexibility index (Phi) is 2.83. The Balaban J connectivity index is 2.55. The van der Waals surface area contributed by atoms with Crippen molar-refractivity contribution >= 4 is 5.97 Å². The summed E-state index contributed by atoms with van der Waals surface area (Å²) in [6.45, 7) is 1.64. The maximum Gasteiger partial charge on any atom is 0.335 e. The van der Waals surface area contributed by atoms with Crippen molar-refractivity contribution in [3.63, 3.8) is 0 Å². The third kappa shape index (κ3) is 1.76. The van der Waals surface area contributed by atoms with Crippen LogP contribution < -0.4 is 4.74 Å². The molecule has 1 heterocycles. The van der Waals surface area contributed by atoms with Gasteiger partial charge in [0.15, 0.2) is 0 Å². The summed E-state index contributed by atoms with van der Waals surface area (Å²) in [6.07, 6.45) is 0.769. The maximum absolute atomic E-state index is 11.1. The van der Waals surface area contributed by atoms with E-state index in [4.69, 9.17) is 9.84 Å². The van der Waals surface area contributed by atoms with Crippen LogP contribution in [-0.4, -0.2) is 36.7 Å². The molecule has 16 heavy (non-hydrogen) atoms. The fourth-order valence-electron chi connectivity index (χ4n) is 2.17. The molecule has 0 amide bonds. The molecule has 0 radical (unpaired) electrons. The van der Waals surface area contributed by atoms with Crippen molar-refractivity contribution in [1.82, 2.24) is 4.90 Å². The second kappa shape index (κ2) is 4.14. The van der Waals surface area contributed by atoms with Gasteiger partial charge in [-0.15, -0.1) is 0 Å². The van der Waals surface area contributed by atoms with E-state index in [1.165, 1.54) is 0 Å². The SMILES string of the molecule is COc1ccc(C(=O)O)c2c1CN(C)CC2. The topological polar surface area (TPSA) is 49.8 Å². The first-order valence-corrected chi connectivity index (χ1v) is 5.24. The molecule has 0 bridgehead atoms. The summed E-state index contributed by atoms with van der Waals surface area (Å²) >= 11 is 0. The van der Waals surface area contributed by atoms with Crippen molar-refractivity contribution in [2.45, 2.75) is 13.0 Å². The number of nitrogens with zero attached hydrogens (tertiary/aromatic N) is 1. The lowest BCUT2D eigenvalue weighted by atomic mass is 9.94. The van der Waals surface area contributed by atoms with Crippen molar-refractivity contribution in [1.29, 1.82) is 0 Å². The molecular weight excluding hydrogens is 206 g/mol. The highest BCUT2D eigenvalue weighted by Crippen LogP contribution is 2.30. The molecule has 1 aliphatic rings. The fourth-order valence-corrected chi connectivity index (χ4v) is 2.17. The Bertz CT molecular complexity index is 429. The normalized spacial score (nSPS) is 15.6. The van der Waals surface area contributed by atoms with E-state index in [1.807, 2.05) is 7.05 Å². The van der Waals surface area contributed by atoms with Crippen molar-refractivity contribution in [2.75, 3.05) is 20.7 Å². The van der Waals surface area contributed by atoms with Crippen LogP contribution in [0.1, 0.15) is 21.5 Å². The standard InChI is InChI=1S/C12H15NO3/c1-13-6-5-8-9(12(14)15)3-4-11(16-2)10(8)7-13/h3-4H,5-7H2,1-2H3,(H,14,15). The second-order valence-corrected chi connectivity index (χ2v) is 4.07. The van der Waals surface area contributed by atoms with Gasteiger partial charge in [-0.2, -0.15) is 0 Å². The largest absolute Gasteiger partial charge is 0.496 e. The number of aromatic carboxylic acids is 1. The van der Waals surface area contributed by atoms with Crippen LogP contribution in [0.25, 0.3) is 0 Å². The Morgan fingerprint density at radius 1 is 1.44 bits per heavy atom. The highest BCUT2D eigenvalue weighted by Gasteiger charge is 2.22. The molecule has 0 saturated heterocycles. The van der Waals surface area contributed by atoms with Crippen LogP contribution in [0.4, 0.5) is 0 Å². The van der Waals surface area contributed by atoms with Gasteiger partial charge in [-0.3, -0.25) is 0 Å². The van der Waals surface area contributed by atoms with Gasteiger partial charge in [0.2, 0.25) is 0 Å². The Labute approximate surface area is 94.4 Å². The van der Waals surface area contributed by atoms with Gasteiger partial charge in [0.1, 0.15) is 5.75 Å². The summed E-state index contributed by atoms with van der Waals surface area (Å²) in [5.41, 5.74) is 2.34. The smallest absolute Gasteiger partial charge is 0.335 e. The van der Waals surface area contributed by atoms with Gasteiger partial charge in [-0.05, 0) is 31.2 Å². The average Bonchev–Trinajstić information content (AvgIpc) is 2.27. The predicted octanol–water partition coefficient (Wildman–Crippen LogP) is 1.38. The predicted molar refractivity (Wildman–Crippen MR) is 60.0 cm³/mol. The molecular formula is C12H15NO3. The summed E-state index contributed by atoms with van der Waals surface area (Å²) in [4.78, 5) is 13.3. The van der Waals surface area contributed by atoms with Crippen molar-refractivity contribution in [3.8, 4) is 5.75 Å². The van der Waals surface area contributed by atoms with E-state index in [1.54, 1.807) is 19.2 Å². The summed E-state index contributed by atoms with van der Waals surface area (Å²) in [6, 6.07) is 3.37. The van der Waals surface area contributed by atoms with Gasteiger partial charge in [-0.25, -0.2) is 4.79 Å². The van der Waals surface area contributed by atoms with Crippen LogP contribution in [-0.2, 0) is 13.0 Å². The molecule has 86 valence electrons. The van der Waals surface area contributed by atoms with Crippen LogP contribution in [0.15, 0.2) is 12.1 Å². The Morgan fingerprint density at radius 2 is 2.19 bits per heavy atom. The van der Waals surface area contributed by atoms with Gasteiger partial charge >= 0.3 is 5.97 Å². The zero-order valence-electron chi connectivity index (χ0n) is 9.49. The van der Waals surface area contributed by atoms with Gasteiger partial charge in [-0.1, -0.05) is 0 Å². The number of benzene rings is 1. The molecule has 1 aromatic carbocycles. The molecule has 4 nitrogen and oxygen atoms in total. The molecule has 2 rings (SSSR count). The fraction of sp³-hybridized carbons (Fsp3) is 0.417. The highest BCUT2D eigenvalue weighted by atomic mass is 16.5. The summed E-state index contributed by atoms with van der Waals surface area (Å²) < 4.78 is 5.28. The lowest BCUT2D eigenvalue weighted by molar-refractivity contribution is 0.0694. The zero-order valence-corrected chi connectivity index (χ0v) is 9.49. The minimum Gasteiger partial charge on any atom is -0.496 e. The molecule has 0 fully saturated rings. The van der Waals surface area contributed by atoms with E-state index >= 15 is 0 Å². The minimum absolute atomic E-state index is 0.406. The van der Waals surface area contributed by atoms with E-state index in [9.17, 15) is 4.79 Å². The number of hydrogen-bond acceptors (Lipinski definition) is 3. The number of rotatable bonds is 2. The van der Waals surface area contributed by atoms with Crippen molar-refractivity contribution in [3.05, 3.63) is 28.8 Å². The third-order valence-electron chi connectivity index (χ3n) is 3.01. The minimum atomic E-state index is -0.858. The van der Waals surface area contributed by atoms with E-state index in [0.717, 1.165) is 36.4 Å². The van der Waals surface area contributed by atoms with Gasteiger partial charge in [0.05, 0.1) is 12.7 Å². The monoisotopic (exact) mass is 221 g/mol. The average molecular weight is 221 g/mol. The molecule has 1 aliphatic heterocycles. The number of hydrogen-bond donors (Lipinski definition) is 1. The first kappa shape index (κ1) is 11.0. The number of carbonyl (C=O) groups is 1.